The van der Waals surface area contributed by atoms with Gasteiger partial charge in [-0.2, -0.15) is 0 Å². The lowest BCUT2D eigenvalue weighted by molar-refractivity contribution is -1.10. The number of quaternary nitrogens is 1. The van der Waals surface area contributed by atoms with E-state index < -0.39 is 23.6 Å². The van der Waals surface area contributed by atoms with Crippen LogP contribution in [-0.2, 0) is 6.54 Å². The lowest BCUT2D eigenvalue weighted by Crippen LogP contribution is -2.62. The Labute approximate surface area is 93.9 Å². The van der Waals surface area contributed by atoms with Gasteiger partial charge in [0.2, 0.25) is 0 Å². The molecule has 0 fully saturated rings. The molecule has 0 aromatic heterocycles. The molecule has 1 nitrogen and oxygen atoms in total. The fourth-order valence-electron chi connectivity index (χ4n) is 1.27. The number of alkyl halides is 6. The van der Waals surface area contributed by atoms with Crippen molar-refractivity contribution >= 4 is 0 Å². The average Bonchev–Trinajstić information content (AvgIpc) is 2.15. The first-order chi connectivity index (χ1) is 7.58. The number of rotatable bonds is 2. The van der Waals surface area contributed by atoms with Crippen molar-refractivity contribution < 1.29 is 30.8 Å². The highest BCUT2D eigenvalue weighted by atomic mass is 19.4. The van der Waals surface area contributed by atoms with E-state index in [0.717, 1.165) is 0 Å². The van der Waals surface area contributed by atoms with Gasteiger partial charge >= 0.3 is 12.6 Å². The lowest BCUT2D eigenvalue weighted by Gasteiger charge is -2.35. The zero-order chi connectivity index (χ0) is 13.3. The Kier molecular flexibility index (Phi) is 3.42. The molecule has 0 radical (unpaired) electrons. The van der Waals surface area contributed by atoms with Crippen LogP contribution in [0.2, 0.25) is 0 Å². The molecule has 0 atom stereocenters. The minimum atomic E-state index is -5.39. The van der Waals surface area contributed by atoms with Gasteiger partial charge in [0.1, 0.15) is 6.54 Å². The van der Waals surface area contributed by atoms with Gasteiger partial charge in [-0.15, -0.1) is 30.8 Å². The molecule has 0 heterocycles. The van der Waals surface area contributed by atoms with Crippen LogP contribution < -0.4 is 0 Å². The van der Waals surface area contributed by atoms with Crippen LogP contribution >= 0.6 is 0 Å². The molecule has 0 aliphatic carbocycles. The first kappa shape index (κ1) is 13.8. The molecule has 96 valence electrons. The summed E-state index contributed by atoms with van der Waals surface area (Å²) in [7, 11) is 0.118. The molecule has 0 unspecified atom stereocenters. The van der Waals surface area contributed by atoms with Crippen molar-refractivity contribution in [3.8, 4) is 0 Å². The molecule has 1 aromatic rings. The molecule has 17 heavy (non-hydrogen) atoms. The Morgan fingerprint density at radius 2 is 1.29 bits per heavy atom. The van der Waals surface area contributed by atoms with Crippen LogP contribution in [0.5, 0.6) is 0 Å². The molecule has 0 saturated carbocycles. The minimum absolute atomic E-state index is 0.0235. The van der Waals surface area contributed by atoms with E-state index in [0.29, 0.717) is 0 Å². The van der Waals surface area contributed by atoms with Crippen molar-refractivity contribution in [1.29, 1.82) is 0 Å². The van der Waals surface area contributed by atoms with Crippen LogP contribution in [0.4, 0.5) is 26.3 Å². The van der Waals surface area contributed by atoms with E-state index in [4.69, 9.17) is 0 Å². The van der Waals surface area contributed by atoms with E-state index in [1.165, 1.54) is 30.3 Å². The monoisotopic (exact) mass is 258 g/mol. The van der Waals surface area contributed by atoms with Crippen LogP contribution in [0.3, 0.4) is 0 Å². The zero-order valence-corrected chi connectivity index (χ0v) is 8.81. The molecule has 7 heteroatoms. The van der Waals surface area contributed by atoms with Gasteiger partial charge in [-0.3, -0.25) is 0 Å². The number of benzene rings is 1. The second kappa shape index (κ2) is 4.21. The largest absolute Gasteiger partial charge is 0.568 e. The third kappa shape index (κ3) is 2.71. The molecular weight excluding hydrogens is 248 g/mol. The summed E-state index contributed by atoms with van der Waals surface area (Å²) in [6, 6.07) is 6.77. The first-order valence-electron chi connectivity index (χ1n) is 4.61. The first-order valence-corrected chi connectivity index (χ1v) is 4.61. The SMILES string of the molecule is C[N+](Cc1ccccc1)(C(F)(F)F)C(F)(F)F. The van der Waals surface area contributed by atoms with Gasteiger partial charge in [0, 0.05) is 5.56 Å². The smallest absolute Gasteiger partial charge is 0.138 e. The summed E-state index contributed by atoms with van der Waals surface area (Å²) in [6.07, 6.45) is -10.8. The predicted octanol–water partition coefficient (Wildman–Crippen LogP) is 3.67. The normalized spacial score (nSPS) is 13.8. The zero-order valence-electron chi connectivity index (χ0n) is 8.81. The maximum Gasteiger partial charge on any atom is 0.568 e. The number of halogens is 6. The number of hydrogen-bond donors (Lipinski definition) is 0. The second-order valence-corrected chi connectivity index (χ2v) is 3.77. The van der Waals surface area contributed by atoms with E-state index in [1.54, 1.807) is 0 Å². The predicted molar refractivity (Wildman–Crippen MR) is 48.4 cm³/mol. The molecule has 0 aliphatic heterocycles. The Hall–Kier alpha value is -1.24. The summed E-state index contributed by atoms with van der Waals surface area (Å²) in [5.74, 6) is 0. The summed E-state index contributed by atoms with van der Waals surface area (Å²) in [5.41, 5.74) is -0.0235. The summed E-state index contributed by atoms with van der Waals surface area (Å²) >= 11 is 0. The van der Waals surface area contributed by atoms with Gasteiger partial charge in [-0.1, -0.05) is 30.3 Å². The molecule has 0 N–H and O–H groups in total. The van der Waals surface area contributed by atoms with E-state index in [2.05, 4.69) is 0 Å². The van der Waals surface area contributed by atoms with E-state index >= 15 is 0 Å². The molecule has 0 amide bonds. The highest BCUT2D eigenvalue weighted by Crippen LogP contribution is 2.42. The quantitative estimate of drug-likeness (QED) is 0.431. The van der Waals surface area contributed by atoms with Crippen molar-refractivity contribution in [2.24, 2.45) is 0 Å². The third-order valence-electron chi connectivity index (χ3n) is 2.46. The third-order valence-corrected chi connectivity index (χ3v) is 2.46. The van der Waals surface area contributed by atoms with Crippen molar-refractivity contribution in [2.45, 2.75) is 19.1 Å². The molecule has 1 aromatic carbocycles. The van der Waals surface area contributed by atoms with Crippen LogP contribution in [-0.4, -0.2) is 24.1 Å². The van der Waals surface area contributed by atoms with Gasteiger partial charge in [0.25, 0.3) is 0 Å². The van der Waals surface area contributed by atoms with E-state index in [-0.39, 0.29) is 12.6 Å². The van der Waals surface area contributed by atoms with Crippen LogP contribution in [0.15, 0.2) is 30.3 Å². The highest BCUT2D eigenvalue weighted by molar-refractivity contribution is 5.13. The fraction of sp³-hybridized carbons (Fsp3) is 0.400. The Morgan fingerprint density at radius 1 is 0.882 bits per heavy atom. The van der Waals surface area contributed by atoms with E-state index in [1.807, 2.05) is 0 Å². The van der Waals surface area contributed by atoms with Crippen molar-refractivity contribution in [1.82, 2.24) is 0 Å². The number of nitrogens with zero attached hydrogens (tertiary/aromatic N) is 1. The van der Waals surface area contributed by atoms with Gasteiger partial charge in [0.15, 0.2) is 0 Å². The topological polar surface area (TPSA) is 0 Å². The van der Waals surface area contributed by atoms with Crippen molar-refractivity contribution in [3.05, 3.63) is 35.9 Å². The standard InChI is InChI=1S/C10H10F6N/c1-17(9(11,12)13,10(14,15)16)7-8-5-3-2-4-6-8/h2-6H,7H2,1H3/q+1. The van der Waals surface area contributed by atoms with Gasteiger partial charge in [-0.05, 0) is 0 Å². The molecule has 0 aliphatic rings. The summed E-state index contributed by atoms with van der Waals surface area (Å²) in [6.45, 7) is -1.17. The van der Waals surface area contributed by atoms with Crippen LogP contribution in [0.1, 0.15) is 5.56 Å². The van der Waals surface area contributed by atoms with Crippen LogP contribution in [0, 0.1) is 0 Å². The molecule has 1 rings (SSSR count). The van der Waals surface area contributed by atoms with Crippen molar-refractivity contribution in [3.63, 3.8) is 0 Å². The second-order valence-electron chi connectivity index (χ2n) is 3.77. The summed E-state index contributed by atoms with van der Waals surface area (Å²) in [4.78, 5) is 0. The molecule has 0 saturated heterocycles. The lowest BCUT2D eigenvalue weighted by atomic mass is 10.2. The maximum absolute atomic E-state index is 12.5. The van der Waals surface area contributed by atoms with E-state index in [9.17, 15) is 26.3 Å². The van der Waals surface area contributed by atoms with Gasteiger partial charge in [0.05, 0.1) is 7.05 Å². The minimum Gasteiger partial charge on any atom is -0.138 e. The van der Waals surface area contributed by atoms with Crippen LogP contribution in [0.25, 0.3) is 0 Å². The maximum atomic E-state index is 12.5. The molecular formula is C10H10F6N+. The summed E-state index contributed by atoms with van der Waals surface area (Å²) < 4.78 is 72.3. The molecule has 0 spiro atoms. The highest BCUT2D eigenvalue weighted by Gasteiger charge is 2.68. The molecule has 0 bridgehead atoms. The Bertz CT molecular complexity index is 353. The fourth-order valence-corrected chi connectivity index (χ4v) is 1.27. The van der Waals surface area contributed by atoms with Gasteiger partial charge in [-0.25, -0.2) is 0 Å². The average molecular weight is 258 g/mol. The Morgan fingerprint density at radius 3 is 1.65 bits per heavy atom. The van der Waals surface area contributed by atoms with Gasteiger partial charge < -0.3 is 0 Å². The van der Waals surface area contributed by atoms with Crippen molar-refractivity contribution in [2.75, 3.05) is 7.05 Å². The summed E-state index contributed by atoms with van der Waals surface area (Å²) in [5, 5.41) is 0. The Balaban J connectivity index is 3.11. The number of hydrogen-bond acceptors (Lipinski definition) is 0.